The van der Waals surface area contributed by atoms with Gasteiger partial charge in [-0.05, 0) is 0 Å². The van der Waals surface area contributed by atoms with Gasteiger partial charge in [0.05, 0.1) is 19.3 Å². The molecule has 0 unspecified atom stereocenters. The second-order valence-electron chi connectivity index (χ2n) is 6.32. The van der Waals surface area contributed by atoms with Crippen molar-refractivity contribution in [3.63, 3.8) is 0 Å². The number of ether oxygens (including phenoxy) is 2. The summed E-state index contributed by atoms with van der Waals surface area (Å²) in [5, 5.41) is 0. The van der Waals surface area contributed by atoms with E-state index in [1.807, 2.05) is 0 Å². The number of hydrogen-bond acceptors (Lipinski definition) is 6. The fraction of sp³-hybridized carbons (Fsp3) is 0.471. The Bertz CT molecular complexity index is 765. The van der Waals surface area contributed by atoms with Crippen molar-refractivity contribution >= 4 is 29.3 Å². The molecular weight excluding hydrogens is 364 g/mol. The lowest BCUT2D eigenvalue weighted by atomic mass is 10.2. The standard InChI is InChI=1S/C17H19F2N3O5/c1-20-5-6-21(4-3-14(20)23)15-11(18)7-10(8-12(15)19)22-9-13(16(24)26-2)27-17(22)25/h7-8,13H,3-6,9H2,1-2H3/t13-/m1/s1. The van der Waals surface area contributed by atoms with Crippen molar-refractivity contribution in [1.82, 2.24) is 4.90 Å². The van der Waals surface area contributed by atoms with Crippen molar-refractivity contribution in [2.45, 2.75) is 12.5 Å². The van der Waals surface area contributed by atoms with E-state index in [0.717, 1.165) is 24.1 Å². The number of anilines is 2. The molecule has 1 atom stereocenters. The van der Waals surface area contributed by atoms with Crippen molar-refractivity contribution in [2.75, 3.05) is 50.1 Å². The third-order valence-electron chi connectivity index (χ3n) is 4.63. The van der Waals surface area contributed by atoms with Crippen LogP contribution in [0.1, 0.15) is 6.42 Å². The summed E-state index contributed by atoms with van der Waals surface area (Å²) >= 11 is 0. The fourth-order valence-corrected chi connectivity index (χ4v) is 3.09. The normalized spacial score (nSPS) is 20.6. The van der Waals surface area contributed by atoms with Gasteiger partial charge in [0, 0.05) is 45.2 Å². The Morgan fingerprint density at radius 3 is 2.48 bits per heavy atom. The molecule has 2 amide bonds. The number of halogens is 2. The zero-order valence-corrected chi connectivity index (χ0v) is 14.9. The fourth-order valence-electron chi connectivity index (χ4n) is 3.09. The molecule has 2 aliphatic heterocycles. The van der Waals surface area contributed by atoms with Crippen LogP contribution >= 0.6 is 0 Å². The number of cyclic esters (lactones) is 1. The lowest BCUT2D eigenvalue weighted by Gasteiger charge is -2.24. The molecule has 2 aliphatic rings. The first-order chi connectivity index (χ1) is 12.8. The van der Waals surface area contributed by atoms with Gasteiger partial charge in [0.2, 0.25) is 12.0 Å². The molecule has 0 saturated carbocycles. The number of esters is 1. The number of rotatable bonds is 3. The maximum atomic E-state index is 14.7. The third-order valence-corrected chi connectivity index (χ3v) is 4.63. The van der Waals surface area contributed by atoms with Crippen LogP contribution in [0, 0.1) is 11.6 Å². The molecule has 10 heteroatoms. The molecule has 27 heavy (non-hydrogen) atoms. The molecule has 0 aliphatic carbocycles. The predicted molar refractivity (Wildman–Crippen MR) is 90.5 cm³/mol. The van der Waals surface area contributed by atoms with Gasteiger partial charge >= 0.3 is 12.1 Å². The molecular formula is C17H19F2N3O5. The zero-order chi connectivity index (χ0) is 19.7. The van der Waals surface area contributed by atoms with Crippen LogP contribution in [-0.2, 0) is 19.1 Å². The molecule has 3 rings (SSSR count). The van der Waals surface area contributed by atoms with Gasteiger partial charge < -0.3 is 19.3 Å². The SMILES string of the molecule is COC(=O)[C@H]1CN(c2cc(F)c(N3CCC(=O)N(C)CC3)c(F)c2)C(=O)O1. The first-order valence-corrected chi connectivity index (χ1v) is 8.35. The largest absolute Gasteiger partial charge is 0.466 e. The number of carbonyl (C=O) groups is 3. The molecule has 0 radical (unpaired) electrons. The maximum Gasteiger partial charge on any atom is 0.415 e. The van der Waals surface area contributed by atoms with Gasteiger partial charge in [-0.1, -0.05) is 0 Å². The highest BCUT2D eigenvalue weighted by atomic mass is 19.1. The van der Waals surface area contributed by atoms with Crippen molar-refractivity contribution in [1.29, 1.82) is 0 Å². The number of benzene rings is 1. The van der Waals surface area contributed by atoms with Crippen LogP contribution in [0.4, 0.5) is 25.0 Å². The lowest BCUT2D eigenvalue weighted by molar-refractivity contribution is -0.148. The van der Waals surface area contributed by atoms with Crippen LogP contribution in [0.2, 0.25) is 0 Å². The number of carbonyl (C=O) groups excluding carboxylic acids is 3. The molecule has 0 aromatic heterocycles. The second-order valence-corrected chi connectivity index (χ2v) is 6.32. The molecule has 0 N–H and O–H groups in total. The van der Waals surface area contributed by atoms with E-state index in [9.17, 15) is 23.2 Å². The molecule has 2 heterocycles. The second kappa shape index (κ2) is 7.37. The van der Waals surface area contributed by atoms with Crippen LogP contribution < -0.4 is 9.80 Å². The van der Waals surface area contributed by atoms with Gasteiger partial charge in [-0.25, -0.2) is 18.4 Å². The predicted octanol–water partition coefficient (Wildman–Crippen LogP) is 1.13. The van der Waals surface area contributed by atoms with Gasteiger partial charge in [-0.2, -0.15) is 0 Å². The molecule has 8 nitrogen and oxygen atoms in total. The minimum atomic E-state index is -1.15. The topological polar surface area (TPSA) is 79.4 Å². The first-order valence-electron chi connectivity index (χ1n) is 8.35. The smallest absolute Gasteiger partial charge is 0.415 e. The van der Waals surface area contributed by atoms with Gasteiger partial charge in [-0.3, -0.25) is 9.69 Å². The number of methoxy groups -OCH3 is 1. The van der Waals surface area contributed by atoms with Crippen molar-refractivity contribution < 1.29 is 32.6 Å². The highest BCUT2D eigenvalue weighted by molar-refractivity contribution is 5.94. The van der Waals surface area contributed by atoms with E-state index in [4.69, 9.17) is 4.74 Å². The summed E-state index contributed by atoms with van der Waals surface area (Å²) in [6.07, 6.45) is -1.89. The molecule has 2 fully saturated rings. The number of nitrogens with zero attached hydrogens (tertiary/aromatic N) is 3. The van der Waals surface area contributed by atoms with Gasteiger partial charge in [0.15, 0.2) is 11.6 Å². The molecule has 1 aromatic carbocycles. The van der Waals surface area contributed by atoms with Gasteiger partial charge in [-0.15, -0.1) is 0 Å². The summed E-state index contributed by atoms with van der Waals surface area (Å²) < 4.78 is 38.7. The summed E-state index contributed by atoms with van der Waals surface area (Å²) in [5.74, 6) is -2.57. The summed E-state index contributed by atoms with van der Waals surface area (Å²) in [6, 6.07) is 2.02. The maximum absolute atomic E-state index is 14.7. The van der Waals surface area contributed by atoms with E-state index >= 15 is 0 Å². The summed E-state index contributed by atoms with van der Waals surface area (Å²) in [5.41, 5.74) is -0.313. The number of amides is 2. The highest BCUT2D eigenvalue weighted by Crippen LogP contribution is 2.31. The van der Waals surface area contributed by atoms with E-state index < -0.39 is 29.8 Å². The average molecular weight is 383 g/mol. The van der Waals surface area contributed by atoms with Crippen LogP contribution in [-0.4, -0.2) is 69.3 Å². The number of hydrogen-bond donors (Lipinski definition) is 0. The van der Waals surface area contributed by atoms with E-state index in [1.165, 1.54) is 9.80 Å². The van der Waals surface area contributed by atoms with Crippen LogP contribution in [0.5, 0.6) is 0 Å². The Kier molecular flexibility index (Phi) is 5.15. The molecule has 1 aromatic rings. The highest BCUT2D eigenvalue weighted by Gasteiger charge is 2.38. The summed E-state index contributed by atoms with van der Waals surface area (Å²) in [7, 11) is 2.79. The van der Waals surface area contributed by atoms with Crippen molar-refractivity contribution in [3.8, 4) is 0 Å². The minimum Gasteiger partial charge on any atom is -0.466 e. The third kappa shape index (κ3) is 3.64. The van der Waals surface area contributed by atoms with Crippen LogP contribution in [0.15, 0.2) is 12.1 Å². The lowest BCUT2D eigenvalue weighted by Crippen LogP contribution is -2.31. The minimum absolute atomic E-state index is 0.0619. The Hall–Kier alpha value is -2.91. The Morgan fingerprint density at radius 2 is 1.85 bits per heavy atom. The van der Waals surface area contributed by atoms with E-state index in [1.54, 1.807) is 7.05 Å². The Balaban J connectivity index is 1.84. The Morgan fingerprint density at radius 1 is 1.19 bits per heavy atom. The van der Waals surface area contributed by atoms with Gasteiger partial charge in [0.25, 0.3) is 0 Å². The van der Waals surface area contributed by atoms with Gasteiger partial charge in [0.1, 0.15) is 5.69 Å². The van der Waals surface area contributed by atoms with Crippen molar-refractivity contribution in [3.05, 3.63) is 23.8 Å². The average Bonchev–Trinajstić information content (AvgIpc) is 2.95. The first kappa shape index (κ1) is 18.9. The zero-order valence-electron chi connectivity index (χ0n) is 14.9. The van der Waals surface area contributed by atoms with E-state index in [2.05, 4.69) is 4.74 Å². The van der Waals surface area contributed by atoms with E-state index in [-0.39, 0.29) is 43.3 Å². The monoisotopic (exact) mass is 383 g/mol. The van der Waals surface area contributed by atoms with Crippen LogP contribution in [0.3, 0.4) is 0 Å². The molecule has 2 saturated heterocycles. The summed E-state index contributed by atoms with van der Waals surface area (Å²) in [4.78, 5) is 39.1. The molecule has 0 bridgehead atoms. The van der Waals surface area contributed by atoms with Crippen LogP contribution in [0.25, 0.3) is 0 Å². The number of likely N-dealkylation sites (N-methyl/N-ethyl adjacent to an activating group) is 1. The summed E-state index contributed by atoms with van der Waals surface area (Å²) in [6.45, 7) is 0.615. The molecule has 146 valence electrons. The van der Waals surface area contributed by atoms with Crippen molar-refractivity contribution in [2.24, 2.45) is 0 Å². The molecule has 0 spiro atoms. The quantitative estimate of drug-likeness (QED) is 0.728. The van der Waals surface area contributed by atoms with E-state index in [0.29, 0.717) is 6.54 Å². The Labute approximate surface area is 154 Å².